The summed E-state index contributed by atoms with van der Waals surface area (Å²) in [6.07, 6.45) is 5.46. The summed E-state index contributed by atoms with van der Waals surface area (Å²) in [5.41, 5.74) is 6.12. The Balaban J connectivity index is 1.92. The smallest absolute Gasteiger partial charge is 0.187 e. The summed E-state index contributed by atoms with van der Waals surface area (Å²) < 4.78 is 5.28. The van der Waals surface area contributed by atoms with E-state index in [2.05, 4.69) is 9.97 Å². The molecule has 2 rings (SSSR count). The molecule has 0 amide bonds. The second-order valence-electron chi connectivity index (χ2n) is 3.23. The lowest BCUT2D eigenvalue weighted by Crippen LogP contribution is -2.17. The maximum absolute atomic E-state index is 5.51. The summed E-state index contributed by atoms with van der Waals surface area (Å²) >= 11 is 1.72. The zero-order valence-electron chi connectivity index (χ0n) is 7.85. The van der Waals surface area contributed by atoms with Gasteiger partial charge in [0.15, 0.2) is 5.16 Å². The van der Waals surface area contributed by atoms with Crippen LogP contribution >= 0.6 is 11.8 Å². The van der Waals surface area contributed by atoms with E-state index >= 15 is 0 Å². The third-order valence-corrected chi connectivity index (χ3v) is 3.31. The first-order valence-electron chi connectivity index (χ1n) is 4.66. The summed E-state index contributed by atoms with van der Waals surface area (Å²) in [4.78, 5) is 8.32. The number of hydrogen-bond donors (Lipinski definition) is 1. The molecule has 2 heterocycles. The van der Waals surface area contributed by atoms with Gasteiger partial charge in [-0.25, -0.2) is 9.97 Å². The monoisotopic (exact) mass is 211 g/mol. The highest BCUT2D eigenvalue weighted by Gasteiger charge is 2.15. The summed E-state index contributed by atoms with van der Waals surface area (Å²) in [7, 11) is 0. The largest absolute Gasteiger partial charge is 0.396 e. The van der Waals surface area contributed by atoms with Crippen molar-refractivity contribution in [3.63, 3.8) is 0 Å². The van der Waals surface area contributed by atoms with Crippen LogP contribution in [0.3, 0.4) is 0 Å². The van der Waals surface area contributed by atoms with E-state index in [1.165, 1.54) is 0 Å². The number of aromatic nitrogens is 2. The third kappa shape index (κ3) is 2.59. The molecule has 2 N–H and O–H groups in total. The van der Waals surface area contributed by atoms with Gasteiger partial charge in [0.2, 0.25) is 0 Å². The highest BCUT2D eigenvalue weighted by Crippen LogP contribution is 2.26. The Kier molecular flexibility index (Phi) is 3.21. The average molecular weight is 211 g/mol. The minimum atomic E-state index is 0.590. The number of nitrogens with zero attached hydrogens (tertiary/aromatic N) is 2. The lowest BCUT2D eigenvalue weighted by Gasteiger charge is -2.20. The molecule has 0 unspecified atom stereocenters. The van der Waals surface area contributed by atoms with Crippen LogP contribution in [0.1, 0.15) is 12.8 Å². The standard InChI is InChI=1S/C9H13N3OS/c10-7-5-11-9(12-6-7)14-8-1-3-13-4-2-8/h5-6,8H,1-4,10H2. The molecular weight excluding hydrogens is 198 g/mol. The molecule has 1 aromatic rings. The molecule has 0 bridgehead atoms. The maximum Gasteiger partial charge on any atom is 0.187 e. The van der Waals surface area contributed by atoms with Gasteiger partial charge >= 0.3 is 0 Å². The minimum absolute atomic E-state index is 0.590. The van der Waals surface area contributed by atoms with Crippen molar-refractivity contribution < 1.29 is 4.74 Å². The van der Waals surface area contributed by atoms with Gasteiger partial charge in [0.25, 0.3) is 0 Å². The van der Waals surface area contributed by atoms with Crippen LogP contribution in [0.25, 0.3) is 0 Å². The first-order valence-corrected chi connectivity index (χ1v) is 5.54. The number of anilines is 1. The van der Waals surface area contributed by atoms with E-state index < -0.39 is 0 Å². The fraction of sp³-hybridized carbons (Fsp3) is 0.556. The third-order valence-electron chi connectivity index (χ3n) is 2.09. The van der Waals surface area contributed by atoms with Gasteiger partial charge in [-0.3, -0.25) is 0 Å². The summed E-state index contributed by atoms with van der Waals surface area (Å²) in [5, 5.41) is 1.40. The van der Waals surface area contributed by atoms with Gasteiger partial charge in [0, 0.05) is 18.5 Å². The predicted octanol–water partition coefficient (Wildman–Crippen LogP) is 1.33. The zero-order chi connectivity index (χ0) is 9.80. The molecule has 4 nitrogen and oxygen atoms in total. The quantitative estimate of drug-likeness (QED) is 0.748. The number of thioether (sulfide) groups is 1. The SMILES string of the molecule is Nc1cnc(SC2CCOCC2)nc1. The molecule has 76 valence electrons. The van der Waals surface area contributed by atoms with E-state index in [0.717, 1.165) is 31.2 Å². The van der Waals surface area contributed by atoms with Crippen LogP contribution in [0.4, 0.5) is 5.69 Å². The van der Waals surface area contributed by atoms with Crippen LogP contribution in [0.2, 0.25) is 0 Å². The first-order chi connectivity index (χ1) is 6.84. The van der Waals surface area contributed by atoms with Crippen LogP contribution < -0.4 is 5.73 Å². The molecule has 0 atom stereocenters. The summed E-state index contributed by atoms with van der Waals surface area (Å²) in [6.45, 7) is 1.71. The Morgan fingerprint density at radius 3 is 2.57 bits per heavy atom. The fourth-order valence-corrected chi connectivity index (χ4v) is 2.28. The van der Waals surface area contributed by atoms with Crippen LogP contribution in [-0.4, -0.2) is 28.4 Å². The molecule has 1 aliphatic rings. The van der Waals surface area contributed by atoms with E-state index in [1.807, 2.05) is 0 Å². The van der Waals surface area contributed by atoms with Crippen LogP contribution in [-0.2, 0) is 4.74 Å². The highest BCUT2D eigenvalue weighted by atomic mass is 32.2. The number of ether oxygens (including phenoxy) is 1. The van der Waals surface area contributed by atoms with Crippen molar-refractivity contribution >= 4 is 17.4 Å². The lowest BCUT2D eigenvalue weighted by molar-refractivity contribution is 0.1000. The van der Waals surface area contributed by atoms with Gasteiger partial charge in [0.1, 0.15) is 0 Å². The molecule has 0 aliphatic carbocycles. The molecule has 14 heavy (non-hydrogen) atoms. The Labute approximate surface area is 87.3 Å². The van der Waals surface area contributed by atoms with Gasteiger partial charge in [-0.2, -0.15) is 0 Å². The summed E-state index contributed by atoms with van der Waals surface area (Å²) in [6, 6.07) is 0. The molecule has 0 aromatic carbocycles. The molecule has 5 heteroatoms. The summed E-state index contributed by atoms with van der Waals surface area (Å²) in [5.74, 6) is 0. The number of nitrogens with two attached hydrogens (primary N) is 1. The first kappa shape index (κ1) is 9.73. The van der Waals surface area contributed by atoms with Crippen molar-refractivity contribution in [2.24, 2.45) is 0 Å². The van der Waals surface area contributed by atoms with Crippen LogP contribution in [0, 0.1) is 0 Å². The molecule has 1 fully saturated rings. The predicted molar refractivity (Wildman–Crippen MR) is 56.1 cm³/mol. The highest BCUT2D eigenvalue weighted by molar-refractivity contribution is 7.99. The zero-order valence-corrected chi connectivity index (χ0v) is 8.67. The van der Waals surface area contributed by atoms with E-state index in [4.69, 9.17) is 10.5 Å². The van der Waals surface area contributed by atoms with Gasteiger partial charge in [0.05, 0.1) is 18.1 Å². The van der Waals surface area contributed by atoms with E-state index in [1.54, 1.807) is 24.2 Å². The van der Waals surface area contributed by atoms with E-state index in [0.29, 0.717) is 10.9 Å². The Morgan fingerprint density at radius 2 is 1.93 bits per heavy atom. The molecule has 1 aromatic heterocycles. The lowest BCUT2D eigenvalue weighted by atomic mass is 10.2. The second-order valence-corrected chi connectivity index (χ2v) is 4.50. The van der Waals surface area contributed by atoms with Crippen molar-refractivity contribution in [2.45, 2.75) is 23.2 Å². The maximum atomic E-state index is 5.51. The normalized spacial score (nSPS) is 18.3. The molecule has 0 saturated carbocycles. The molecule has 0 radical (unpaired) electrons. The molecular formula is C9H13N3OS. The van der Waals surface area contributed by atoms with Gasteiger partial charge in [-0.05, 0) is 12.8 Å². The Morgan fingerprint density at radius 1 is 1.29 bits per heavy atom. The average Bonchev–Trinajstić information content (AvgIpc) is 2.23. The van der Waals surface area contributed by atoms with Crippen LogP contribution in [0.5, 0.6) is 0 Å². The fourth-order valence-electron chi connectivity index (χ4n) is 1.33. The minimum Gasteiger partial charge on any atom is -0.396 e. The van der Waals surface area contributed by atoms with E-state index in [9.17, 15) is 0 Å². The van der Waals surface area contributed by atoms with Crippen molar-refractivity contribution in [3.8, 4) is 0 Å². The Bertz CT molecular complexity index is 285. The molecule has 1 saturated heterocycles. The molecule has 1 aliphatic heterocycles. The molecule has 0 spiro atoms. The van der Waals surface area contributed by atoms with E-state index in [-0.39, 0.29) is 0 Å². The topological polar surface area (TPSA) is 61.0 Å². The number of nitrogen functional groups attached to an aromatic ring is 1. The van der Waals surface area contributed by atoms with Gasteiger partial charge < -0.3 is 10.5 Å². The van der Waals surface area contributed by atoms with Crippen molar-refractivity contribution in [1.82, 2.24) is 9.97 Å². The Hall–Kier alpha value is -0.810. The van der Waals surface area contributed by atoms with Crippen molar-refractivity contribution in [3.05, 3.63) is 12.4 Å². The van der Waals surface area contributed by atoms with Crippen molar-refractivity contribution in [2.75, 3.05) is 18.9 Å². The number of rotatable bonds is 2. The van der Waals surface area contributed by atoms with Gasteiger partial charge in [-0.1, -0.05) is 11.8 Å². The van der Waals surface area contributed by atoms with Gasteiger partial charge in [-0.15, -0.1) is 0 Å². The van der Waals surface area contributed by atoms with Crippen LogP contribution in [0.15, 0.2) is 17.6 Å². The van der Waals surface area contributed by atoms with Crippen molar-refractivity contribution in [1.29, 1.82) is 0 Å². The second kappa shape index (κ2) is 4.61. The number of hydrogen-bond acceptors (Lipinski definition) is 5.